The molecule has 2 aromatic carbocycles. The second-order valence-electron chi connectivity index (χ2n) is 11.2. The average molecular weight is 551 g/mol. The number of aryl methyl sites for hydroxylation is 1. The van der Waals surface area contributed by atoms with E-state index < -0.39 is 5.69 Å². The molecule has 210 valence electrons. The van der Waals surface area contributed by atoms with Crippen LogP contribution in [0.15, 0.2) is 70.4 Å². The largest absolute Gasteiger partial charge is 0.345 e. The number of aromatic amines is 1. The van der Waals surface area contributed by atoms with Gasteiger partial charge in [0.25, 0.3) is 11.5 Å². The van der Waals surface area contributed by atoms with Crippen molar-refractivity contribution in [3.8, 4) is 11.1 Å². The Morgan fingerprint density at radius 1 is 0.951 bits per heavy atom. The number of piperidine rings is 1. The average Bonchev–Trinajstić information content (AvgIpc) is 3.30. The van der Waals surface area contributed by atoms with Crippen LogP contribution in [-0.2, 0) is 20.6 Å². The summed E-state index contributed by atoms with van der Waals surface area (Å²) in [6.45, 7) is 2.82. The molecule has 1 N–H and O–H groups in total. The number of carbonyl (C=O) groups is 1. The summed E-state index contributed by atoms with van der Waals surface area (Å²) in [4.78, 5) is 48.5. The summed E-state index contributed by atoms with van der Waals surface area (Å²) in [5.41, 5.74) is 5.81. The van der Waals surface area contributed by atoms with Crippen molar-refractivity contribution in [2.75, 3.05) is 27.2 Å². The van der Waals surface area contributed by atoms with Crippen LogP contribution >= 0.6 is 0 Å². The topological polar surface area (TPSA) is 96.2 Å². The van der Waals surface area contributed by atoms with Gasteiger partial charge in [0.15, 0.2) is 0 Å². The van der Waals surface area contributed by atoms with Crippen molar-refractivity contribution in [2.45, 2.75) is 25.3 Å². The fourth-order valence-electron chi connectivity index (χ4n) is 5.95. The van der Waals surface area contributed by atoms with E-state index in [1.807, 2.05) is 30.3 Å². The lowest BCUT2D eigenvalue weighted by Crippen LogP contribution is -2.33. The van der Waals surface area contributed by atoms with Crippen LogP contribution in [0.5, 0.6) is 0 Å². The molecular formula is C32H34N6O3. The highest BCUT2D eigenvalue weighted by Crippen LogP contribution is 2.33. The molecule has 0 aliphatic carbocycles. The molecule has 5 aromatic rings. The van der Waals surface area contributed by atoms with E-state index in [9.17, 15) is 14.4 Å². The van der Waals surface area contributed by atoms with E-state index in [0.29, 0.717) is 16.8 Å². The normalized spacial score (nSPS) is 14.6. The fraction of sp³-hybridized carbons (Fsp3) is 0.312. The van der Waals surface area contributed by atoms with Crippen LogP contribution in [0.25, 0.3) is 33.1 Å². The Kier molecular flexibility index (Phi) is 6.83. The summed E-state index contributed by atoms with van der Waals surface area (Å²) >= 11 is 0. The van der Waals surface area contributed by atoms with Crippen molar-refractivity contribution in [1.29, 1.82) is 0 Å². The van der Waals surface area contributed by atoms with Gasteiger partial charge in [-0.1, -0.05) is 18.2 Å². The number of likely N-dealkylation sites (tertiary alicyclic amines) is 1. The first kappa shape index (κ1) is 26.7. The van der Waals surface area contributed by atoms with Crippen LogP contribution in [0.3, 0.4) is 0 Å². The monoisotopic (exact) mass is 550 g/mol. The highest BCUT2D eigenvalue weighted by atomic mass is 16.2. The van der Waals surface area contributed by atoms with Crippen molar-refractivity contribution >= 4 is 27.8 Å². The van der Waals surface area contributed by atoms with Gasteiger partial charge in [-0.15, -0.1) is 0 Å². The van der Waals surface area contributed by atoms with Gasteiger partial charge in [0.2, 0.25) is 0 Å². The van der Waals surface area contributed by atoms with Gasteiger partial charge < -0.3 is 14.5 Å². The van der Waals surface area contributed by atoms with Crippen molar-refractivity contribution in [1.82, 2.24) is 28.9 Å². The van der Waals surface area contributed by atoms with Gasteiger partial charge in [0, 0.05) is 57.6 Å². The van der Waals surface area contributed by atoms with Gasteiger partial charge in [-0.05, 0) is 84.9 Å². The quantitative estimate of drug-likeness (QED) is 0.359. The molecule has 1 amide bonds. The second-order valence-corrected chi connectivity index (χ2v) is 11.2. The third-order valence-corrected chi connectivity index (χ3v) is 8.45. The van der Waals surface area contributed by atoms with Gasteiger partial charge in [-0.3, -0.25) is 19.1 Å². The van der Waals surface area contributed by atoms with Crippen LogP contribution in [0, 0.1) is 0 Å². The van der Waals surface area contributed by atoms with E-state index >= 15 is 0 Å². The Morgan fingerprint density at radius 2 is 1.68 bits per heavy atom. The fourth-order valence-corrected chi connectivity index (χ4v) is 5.95. The highest BCUT2D eigenvalue weighted by Gasteiger charge is 2.23. The molecule has 3 aromatic heterocycles. The molecule has 0 radical (unpaired) electrons. The first-order valence-corrected chi connectivity index (χ1v) is 13.9. The van der Waals surface area contributed by atoms with Gasteiger partial charge in [0.05, 0.1) is 10.9 Å². The summed E-state index contributed by atoms with van der Waals surface area (Å²) in [5, 5.41) is 1.51. The number of hydrogen-bond acceptors (Lipinski definition) is 5. The number of pyridine rings is 1. The van der Waals surface area contributed by atoms with E-state index in [0.717, 1.165) is 64.8 Å². The predicted molar refractivity (Wildman–Crippen MR) is 161 cm³/mol. The second kappa shape index (κ2) is 10.5. The van der Waals surface area contributed by atoms with E-state index in [2.05, 4.69) is 44.7 Å². The lowest BCUT2D eigenvalue weighted by Gasteiger charge is -2.32. The molecule has 4 heterocycles. The molecule has 41 heavy (non-hydrogen) atoms. The number of rotatable bonds is 5. The van der Waals surface area contributed by atoms with Gasteiger partial charge in [-0.2, -0.15) is 0 Å². The molecule has 9 heteroatoms. The molecule has 0 atom stereocenters. The van der Waals surface area contributed by atoms with Crippen molar-refractivity contribution in [3.05, 3.63) is 98.5 Å². The minimum absolute atomic E-state index is 0.0279. The first-order chi connectivity index (χ1) is 19.7. The molecule has 1 aliphatic rings. The SMILES string of the molecule is CN(C)C(=O)c1ccc(C2CCN(Cc3cc4c(-c5ccc6[nH]c(=O)n(C)c(=O)c6c5)ccnc4n3C)CC2)cc1. The Labute approximate surface area is 237 Å². The lowest BCUT2D eigenvalue weighted by molar-refractivity contribution is 0.0827. The van der Waals surface area contributed by atoms with Crippen LogP contribution in [-0.4, -0.2) is 62.0 Å². The smallest absolute Gasteiger partial charge is 0.328 e. The molecule has 6 rings (SSSR count). The number of amides is 1. The zero-order valence-electron chi connectivity index (χ0n) is 23.8. The van der Waals surface area contributed by atoms with Gasteiger partial charge >= 0.3 is 5.69 Å². The van der Waals surface area contributed by atoms with E-state index in [4.69, 9.17) is 0 Å². The number of H-pyrrole nitrogens is 1. The summed E-state index contributed by atoms with van der Waals surface area (Å²) in [7, 11) is 7.08. The zero-order chi connectivity index (χ0) is 28.8. The summed E-state index contributed by atoms with van der Waals surface area (Å²) in [6, 6.07) is 17.9. The van der Waals surface area contributed by atoms with Crippen LogP contribution in [0.4, 0.5) is 0 Å². The maximum Gasteiger partial charge on any atom is 0.328 e. The van der Waals surface area contributed by atoms with Crippen LogP contribution < -0.4 is 11.2 Å². The van der Waals surface area contributed by atoms with Crippen molar-refractivity contribution in [2.24, 2.45) is 14.1 Å². The number of nitrogens with zero attached hydrogens (tertiary/aromatic N) is 5. The highest BCUT2D eigenvalue weighted by molar-refractivity contribution is 5.96. The Hall–Kier alpha value is -4.50. The summed E-state index contributed by atoms with van der Waals surface area (Å²) in [6.07, 6.45) is 3.95. The third-order valence-electron chi connectivity index (χ3n) is 8.45. The molecule has 0 saturated carbocycles. The van der Waals surface area contributed by atoms with E-state index in [-0.39, 0.29) is 11.5 Å². The standard InChI is InChI=1S/C32H34N6O3/c1-35(2)30(39)22-7-5-20(6-8-22)21-12-15-38(16-13-21)19-24-18-26-25(11-14-33-29(26)36(24)3)23-9-10-28-27(17-23)31(40)37(4)32(41)34-28/h5-11,14,17-18,21H,12-13,15-16,19H2,1-4H3,(H,34,41). The molecule has 1 fully saturated rings. The van der Waals surface area contributed by atoms with Crippen LogP contribution in [0.1, 0.15) is 40.4 Å². The first-order valence-electron chi connectivity index (χ1n) is 13.9. The number of aromatic nitrogens is 4. The Bertz CT molecular complexity index is 1890. The minimum Gasteiger partial charge on any atom is -0.345 e. The molecule has 0 spiro atoms. The third kappa shape index (κ3) is 4.86. The lowest BCUT2D eigenvalue weighted by atomic mass is 9.89. The number of carbonyl (C=O) groups excluding carboxylic acids is 1. The molecule has 1 saturated heterocycles. The van der Waals surface area contributed by atoms with Gasteiger partial charge in [-0.25, -0.2) is 9.78 Å². The van der Waals surface area contributed by atoms with E-state index in [1.54, 1.807) is 31.3 Å². The van der Waals surface area contributed by atoms with Crippen LogP contribution in [0.2, 0.25) is 0 Å². The summed E-state index contributed by atoms with van der Waals surface area (Å²) < 4.78 is 3.25. The molecular weight excluding hydrogens is 516 g/mol. The Morgan fingerprint density at radius 3 is 2.39 bits per heavy atom. The maximum atomic E-state index is 12.8. The Balaban J connectivity index is 1.21. The number of nitrogens with one attached hydrogen (secondary N) is 1. The molecule has 0 unspecified atom stereocenters. The van der Waals surface area contributed by atoms with E-state index in [1.165, 1.54) is 18.3 Å². The predicted octanol–water partition coefficient (Wildman–Crippen LogP) is 3.86. The molecule has 9 nitrogen and oxygen atoms in total. The number of benzene rings is 2. The minimum atomic E-state index is -0.423. The molecule has 0 bridgehead atoms. The summed E-state index contributed by atoms with van der Waals surface area (Å²) in [5.74, 6) is 0.520. The number of fused-ring (bicyclic) bond motifs is 2. The maximum absolute atomic E-state index is 12.8. The number of hydrogen-bond donors (Lipinski definition) is 1. The van der Waals surface area contributed by atoms with Crippen molar-refractivity contribution in [3.63, 3.8) is 0 Å². The van der Waals surface area contributed by atoms with Gasteiger partial charge in [0.1, 0.15) is 5.65 Å². The molecule has 1 aliphatic heterocycles. The zero-order valence-corrected chi connectivity index (χ0v) is 23.8. The van der Waals surface area contributed by atoms with Crippen molar-refractivity contribution < 1.29 is 4.79 Å².